The highest BCUT2D eigenvalue weighted by molar-refractivity contribution is 6.22. The van der Waals surface area contributed by atoms with Crippen LogP contribution in [-0.2, 0) is 19.1 Å². The highest BCUT2D eigenvalue weighted by Crippen LogP contribution is 2.41. The molecule has 0 radical (unpaired) electrons. The molecule has 24 heavy (non-hydrogen) atoms. The molecular weight excluding hydrogens is 313 g/mol. The number of rotatable bonds is 4. The number of carbonyl (C=O) groups excluding carboxylic acids is 3. The Morgan fingerprint density at radius 2 is 1.96 bits per heavy atom. The molecular formula is C18H18FNO4. The Balaban J connectivity index is 1.81. The first-order valence-corrected chi connectivity index (χ1v) is 7.92. The fraction of sp³-hybridized carbons (Fsp3) is 0.389. The molecule has 0 unspecified atom stereocenters. The fourth-order valence-electron chi connectivity index (χ4n) is 3.46. The van der Waals surface area contributed by atoms with Gasteiger partial charge in [0.2, 0.25) is 11.8 Å². The number of anilines is 1. The molecule has 5 nitrogen and oxygen atoms in total. The molecule has 1 aromatic carbocycles. The van der Waals surface area contributed by atoms with Crippen LogP contribution < -0.4 is 4.90 Å². The minimum absolute atomic E-state index is 0.148. The average molecular weight is 331 g/mol. The lowest BCUT2D eigenvalue weighted by Gasteiger charge is -2.25. The van der Waals surface area contributed by atoms with Gasteiger partial charge in [0.25, 0.3) is 0 Å². The van der Waals surface area contributed by atoms with Crippen molar-refractivity contribution >= 4 is 23.5 Å². The van der Waals surface area contributed by atoms with E-state index < -0.39 is 17.7 Å². The quantitative estimate of drug-likeness (QED) is 0.483. The molecule has 126 valence electrons. The minimum atomic E-state index is -0.455. The number of nitrogens with zero attached hydrogens (tertiary/aromatic N) is 1. The monoisotopic (exact) mass is 331 g/mol. The van der Waals surface area contributed by atoms with Gasteiger partial charge in [0, 0.05) is 6.92 Å². The van der Waals surface area contributed by atoms with E-state index in [9.17, 15) is 18.8 Å². The van der Waals surface area contributed by atoms with E-state index in [1.165, 1.54) is 31.2 Å². The maximum atomic E-state index is 13.1. The number of ether oxygens (including phenoxy) is 1. The molecule has 3 rings (SSSR count). The van der Waals surface area contributed by atoms with Gasteiger partial charge in [-0.2, -0.15) is 0 Å². The van der Waals surface area contributed by atoms with Gasteiger partial charge >= 0.3 is 5.97 Å². The van der Waals surface area contributed by atoms with Crippen molar-refractivity contribution in [1.82, 2.24) is 0 Å². The SMILES string of the molecule is CC(=O)OCC[C@H]1C=CC[C@H]2C(=O)N(c3ccc(F)cc3)C(=O)[C@@H]12. The summed E-state index contributed by atoms with van der Waals surface area (Å²) in [4.78, 5) is 37.5. The van der Waals surface area contributed by atoms with E-state index in [-0.39, 0.29) is 30.3 Å². The summed E-state index contributed by atoms with van der Waals surface area (Å²) in [5.74, 6) is -2.32. The van der Waals surface area contributed by atoms with Gasteiger partial charge in [0.05, 0.1) is 24.1 Å². The van der Waals surface area contributed by atoms with Crippen LogP contribution in [0.4, 0.5) is 10.1 Å². The third-order valence-corrected chi connectivity index (χ3v) is 4.55. The lowest BCUT2D eigenvalue weighted by molar-refractivity contribution is -0.141. The number of hydrogen-bond donors (Lipinski definition) is 0. The molecule has 2 aliphatic rings. The van der Waals surface area contributed by atoms with Crippen LogP contribution in [0.5, 0.6) is 0 Å². The summed E-state index contributed by atoms with van der Waals surface area (Å²) in [5, 5.41) is 0. The van der Waals surface area contributed by atoms with E-state index in [4.69, 9.17) is 4.74 Å². The van der Waals surface area contributed by atoms with Crippen molar-refractivity contribution in [3.63, 3.8) is 0 Å². The maximum Gasteiger partial charge on any atom is 0.302 e. The van der Waals surface area contributed by atoms with Crippen LogP contribution in [0.2, 0.25) is 0 Å². The van der Waals surface area contributed by atoms with Crippen LogP contribution in [0.3, 0.4) is 0 Å². The number of carbonyl (C=O) groups is 3. The van der Waals surface area contributed by atoms with E-state index in [2.05, 4.69) is 0 Å². The second-order valence-corrected chi connectivity index (χ2v) is 6.08. The lowest BCUT2D eigenvalue weighted by Crippen LogP contribution is -2.32. The molecule has 0 N–H and O–H groups in total. The number of imide groups is 1. The summed E-state index contributed by atoms with van der Waals surface area (Å²) in [5.41, 5.74) is 0.388. The van der Waals surface area contributed by atoms with Gasteiger partial charge in [-0.15, -0.1) is 0 Å². The van der Waals surface area contributed by atoms with Gasteiger partial charge in [0.1, 0.15) is 5.82 Å². The number of benzene rings is 1. The van der Waals surface area contributed by atoms with Crippen LogP contribution in [0.1, 0.15) is 19.8 Å². The predicted molar refractivity (Wildman–Crippen MR) is 84.4 cm³/mol. The number of fused-ring (bicyclic) bond motifs is 1. The molecule has 6 heteroatoms. The second kappa shape index (κ2) is 6.55. The van der Waals surface area contributed by atoms with Gasteiger partial charge < -0.3 is 4.74 Å². The Morgan fingerprint density at radius 3 is 2.62 bits per heavy atom. The van der Waals surface area contributed by atoms with Crippen molar-refractivity contribution in [3.05, 3.63) is 42.2 Å². The molecule has 0 saturated carbocycles. The third kappa shape index (κ3) is 2.96. The first kappa shape index (κ1) is 16.4. The zero-order chi connectivity index (χ0) is 17.3. The molecule has 1 aromatic rings. The molecule has 0 aromatic heterocycles. The molecule has 2 amide bonds. The largest absolute Gasteiger partial charge is 0.466 e. The Kier molecular flexibility index (Phi) is 4.46. The predicted octanol–water partition coefficient (Wildman–Crippen LogP) is 2.46. The first-order chi connectivity index (χ1) is 11.5. The van der Waals surface area contributed by atoms with Gasteiger partial charge in [-0.1, -0.05) is 12.2 Å². The van der Waals surface area contributed by atoms with Crippen LogP contribution in [0, 0.1) is 23.6 Å². The van der Waals surface area contributed by atoms with Crippen molar-refractivity contribution < 1.29 is 23.5 Å². The summed E-state index contributed by atoms with van der Waals surface area (Å²) >= 11 is 0. The highest BCUT2D eigenvalue weighted by Gasteiger charge is 2.51. The van der Waals surface area contributed by atoms with Gasteiger partial charge in [0.15, 0.2) is 0 Å². The highest BCUT2D eigenvalue weighted by atomic mass is 19.1. The van der Waals surface area contributed by atoms with E-state index >= 15 is 0 Å². The number of hydrogen-bond acceptors (Lipinski definition) is 4. The van der Waals surface area contributed by atoms with Crippen molar-refractivity contribution in [2.24, 2.45) is 17.8 Å². The zero-order valence-corrected chi connectivity index (χ0v) is 13.3. The van der Waals surface area contributed by atoms with E-state index in [1.54, 1.807) is 0 Å². The van der Waals surface area contributed by atoms with Crippen LogP contribution in [0.15, 0.2) is 36.4 Å². The van der Waals surface area contributed by atoms with E-state index in [0.717, 1.165) is 4.90 Å². The molecule has 1 fully saturated rings. The Morgan fingerprint density at radius 1 is 1.25 bits per heavy atom. The van der Waals surface area contributed by atoms with Gasteiger partial charge in [-0.25, -0.2) is 4.39 Å². The molecule has 0 spiro atoms. The summed E-state index contributed by atoms with van der Waals surface area (Å²) in [6.07, 6.45) is 4.83. The number of halogens is 1. The minimum Gasteiger partial charge on any atom is -0.466 e. The molecule has 1 aliphatic carbocycles. The van der Waals surface area contributed by atoms with E-state index in [1.807, 2.05) is 12.2 Å². The Bertz CT molecular complexity index is 697. The molecule has 1 saturated heterocycles. The Labute approximate surface area is 139 Å². The summed E-state index contributed by atoms with van der Waals surface area (Å²) < 4.78 is 18.0. The Hall–Kier alpha value is -2.50. The molecule has 3 atom stereocenters. The first-order valence-electron chi connectivity index (χ1n) is 7.92. The third-order valence-electron chi connectivity index (χ3n) is 4.55. The average Bonchev–Trinajstić information content (AvgIpc) is 2.80. The smallest absolute Gasteiger partial charge is 0.302 e. The van der Waals surface area contributed by atoms with Crippen molar-refractivity contribution in [2.45, 2.75) is 19.8 Å². The van der Waals surface area contributed by atoms with E-state index in [0.29, 0.717) is 18.5 Å². The number of allylic oxidation sites excluding steroid dienone is 2. The second-order valence-electron chi connectivity index (χ2n) is 6.08. The van der Waals surface area contributed by atoms with Crippen LogP contribution in [-0.4, -0.2) is 24.4 Å². The van der Waals surface area contributed by atoms with Crippen LogP contribution >= 0.6 is 0 Å². The van der Waals surface area contributed by atoms with Crippen molar-refractivity contribution in [2.75, 3.05) is 11.5 Å². The van der Waals surface area contributed by atoms with Gasteiger partial charge in [-0.05, 0) is 43.0 Å². The zero-order valence-electron chi connectivity index (χ0n) is 13.3. The topological polar surface area (TPSA) is 63.7 Å². The maximum absolute atomic E-state index is 13.1. The van der Waals surface area contributed by atoms with Crippen LogP contribution in [0.25, 0.3) is 0 Å². The standard InChI is InChI=1S/C18H18FNO4/c1-11(21)24-10-9-12-3-2-4-15-16(12)18(23)20(17(15)22)14-7-5-13(19)6-8-14/h2-3,5-8,12,15-16H,4,9-10H2,1H3/t12-,15-,16+/m1/s1. The fourth-order valence-corrected chi connectivity index (χ4v) is 3.46. The van der Waals surface area contributed by atoms with Crippen molar-refractivity contribution in [3.8, 4) is 0 Å². The molecule has 1 heterocycles. The summed E-state index contributed by atoms with van der Waals surface area (Å²) in [6.45, 7) is 1.55. The normalized spacial score (nSPS) is 25.8. The summed E-state index contributed by atoms with van der Waals surface area (Å²) in [7, 11) is 0. The molecule has 0 bridgehead atoms. The number of esters is 1. The number of amides is 2. The van der Waals surface area contributed by atoms with Crippen molar-refractivity contribution in [1.29, 1.82) is 0 Å². The van der Waals surface area contributed by atoms with Gasteiger partial charge in [-0.3, -0.25) is 19.3 Å². The lowest BCUT2D eigenvalue weighted by atomic mass is 9.76. The summed E-state index contributed by atoms with van der Waals surface area (Å²) in [6, 6.07) is 5.33. The molecule has 1 aliphatic heterocycles.